The van der Waals surface area contributed by atoms with Crippen LogP contribution in [0.5, 0.6) is 0 Å². The molecule has 0 atom stereocenters. The summed E-state index contributed by atoms with van der Waals surface area (Å²) in [6, 6.07) is 26.2. The van der Waals surface area contributed by atoms with Crippen LogP contribution >= 0.6 is 23.2 Å². The lowest BCUT2D eigenvalue weighted by atomic mass is 10.0. The van der Waals surface area contributed by atoms with E-state index in [2.05, 4.69) is 14.9 Å². The van der Waals surface area contributed by atoms with Gasteiger partial charge in [0.05, 0.1) is 28.4 Å². The molecule has 0 saturated heterocycles. The number of hydrazone groups is 1. The van der Waals surface area contributed by atoms with Crippen LogP contribution < -0.4 is 10.5 Å². The Morgan fingerprint density at radius 2 is 1.53 bits per heavy atom. The van der Waals surface area contributed by atoms with Gasteiger partial charge < -0.3 is 10.6 Å². The largest absolute Gasteiger partial charge is 0.416 e. The van der Waals surface area contributed by atoms with E-state index < -0.39 is 21.8 Å². The number of unbranched alkanes of at least 4 members (excludes halogenated alkanes) is 3. The molecule has 0 radical (unpaired) electrons. The number of benzene rings is 4. The summed E-state index contributed by atoms with van der Waals surface area (Å²) in [6.07, 6.45) is -0.502. The van der Waals surface area contributed by atoms with Crippen LogP contribution in [0, 0.1) is 0 Å². The van der Waals surface area contributed by atoms with Gasteiger partial charge in [-0.25, -0.2) is 18.1 Å². The van der Waals surface area contributed by atoms with Gasteiger partial charge in [0, 0.05) is 29.6 Å². The van der Waals surface area contributed by atoms with Gasteiger partial charge in [0.15, 0.2) is 0 Å². The molecule has 9 nitrogen and oxygen atoms in total. The number of oxime groups is 1. The Labute approximate surface area is 317 Å². The second-order valence-corrected chi connectivity index (χ2v) is 14.7. The van der Waals surface area contributed by atoms with Gasteiger partial charge >= 0.3 is 6.18 Å². The van der Waals surface area contributed by atoms with Crippen LogP contribution in [0.3, 0.4) is 0 Å². The topological polar surface area (TPSA) is 122 Å². The number of nitrogens with zero attached hydrogens (tertiary/aromatic N) is 4. The van der Waals surface area contributed by atoms with Crippen molar-refractivity contribution in [1.29, 1.82) is 0 Å². The van der Waals surface area contributed by atoms with Crippen LogP contribution in [-0.4, -0.2) is 57.1 Å². The number of halogens is 5. The van der Waals surface area contributed by atoms with Crippen LogP contribution in [0.4, 0.5) is 13.2 Å². The summed E-state index contributed by atoms with van der Waals surface area (Å²) in [5, 5.41) is 11.5. The van der Waals surface area contributed by atoms with Gasteiger partial charge in [0.1, 0.15) is 6.61 Å². The van der Waals surface area contributed by atoms with Crippen LogP contribution in [-0.2, 0) is 21.0 Å². The van der Waals surface area contributed by atoms with E-state index in [1.807, 2.05) is 48.5 Å². The molecule has 4 aromatic carbocycles. The van der Waals surface area contributed by atoms with Crippen LogP contribution in [0.1, 0.15) is 55.2 Å². The van der Waals surface area contributed by atoms with Crippen molar-refractivity contribution in [1.82, 2.24) is 9.73 Å². The lowest BCUT2D eigenvalue weighted by Crippen LogP contribution is -2.41. The van der Waals surface area contributed by atoms with Gasteiger partial charge in [-0.05, 0) is 96.1 Å². The van der Waals surface area contributed by atoms with Crippen molar-refractivity contribution in [2.45, 2.75) is 49.6 Å². The SMILES string of the molecule is NCCO/N=C(/CCCCCCN=C(NS(=O)(=O)c1ccc(Cl)cc1)N1CCC(c2cccc(-c3ccc(Cl)cc3)c2)=N1)c1ccc(C(F)(F)F)cc1. The molecule has 0 unspecified atom stereocenters. The zero-order chi connectivity index (χ0) is 37.8. The number of hydrogen-bond donors (Lipinski definition) is 2. The van der Waals surface area contributed by atoms with Crippen molar-refractivity contribution in [3.8, 4) is 11.1 Å². The molecule has 0 bridgehead atoms. The van der Waals surface area contributed by atoms with E-state index in [-0.39, 0.29) is 24.0 Å². The number of sulfonamides is 1. The van der Waals surface area contributed by atoms with Crippen molar-refractivity contribution < 1.29 is 26.4 Å². The fraction of sp³-hybridized carbons (Fsp3) is 0.289. The number of rotatable bonds is 15. The van der Waals surface area contributed by atoms with Gasteiger partial charge in [-0.15, -0.1) is 0 Å². The Balaban J connectivity index is 1.25. The van der Waals surface area contributed by atoms with E-state index in [1.54, 1.807) is 5.01 Å². The summed E-state index contributed by atoms with van der Waals surface area (Å²) >= 11 is 12.1. The van der Waals surface area contributed by atoms with E-state index in [4.69, 9.17) is 38.9 Å². The highest BCUT2D eigenvalue weighted by Gasteiger charge is 2.30. The fourth-order valence-electron chi connectivity index (χ4n) is 5.51. The highest BCUT2D eigenvalue weighted by Crippen LogP contribution is 2.30. The van der Waals surface area contributed by atoms with Gasteiger partial charge in [0.25, 0.3) is 10.0 Å². The van der Waals surface area contributed by atoms with Crippen LogP contribution in [0.2, 0.25) is 10.0 Å². The third-order valence-corrected chi connectivity index (χ3v) is 10.1. The number of alkyl halides is 3. The van der Waals surface area contributed by atoms with Crippen molar-refractivity contribution in [3.05, 3.63) is 124 Å². The van der Waals surface area contributed by atoms with Gasteiger partial charge in [-0.3, -0.25) is 4.99 Å². The van der Waals surface area contributed by atoms with Gasteiger partial charge in [0.2, 0.25) is 5.96 Å². The van der Waals surface area contributed by atoms with E-state index in [0.717, 1.165) is 47.4 Å². The molecular formula is C38H39Cl2F3N6O3S. The van der Waals surface area contributed by atoms with Crippen molar-refractivity contribution in [2.24, 2.45) is 21.0 Å². The monoisotopic (exact) mass is 786 g/mol. The first kappa shape index (κ1) is 39.8. The standard InChI is InChI=1S/C38H39Cl2F3N6O3S/c39-32-15-11-27(12-16-32)29-6-5-7-30(26-29)35-21-24-49(46-35)37(48-53(50,51)34-19-17-33(40)18-20-34)45-23-4-2-1-3-8-36(47-52-25-22-44)28-9-13-31(14-10-28)38(41,42)43/h5-7,9-20,26H,1-4,8,21-25,44H2,(H,45,48)/b47-36-. The molecule has 280 valence electrons. The summed E-state index contributed by atoms with van der Waals surface area (Å²) in [6.45, 7) is 1.18. The minimum Gasteiger partial charge on any atom is -0.394 e. The zero-order valence-electron chi connectivity index (χ0n) is 28.7. The molecular weight excluding hydrogens is 748 g/mol. The minimum atomic E-state index is -4.43. The summed E-state index contributed by atoms with van der Waals surface area (Å²) in [7, 11) is -4.01. The van der Waals surface area contributed by atoms with Gasteiger partial charge in [-0.2, -0.15) is 18.3 Å². The minimum absolute atomic E-state index is 0.0367. The van der Waals surface area contributed by atoms with Crippen molar-refractivity contribution in [2.75, 3.05) is 26.2 Å². The molecule has 1 heterocycles. The predicted octanol–water partition coefficient (Wildman–Crippen LogP) is 8.75. The molecule has 5 rings (SSSR count). The average Bonchev–Trinajstić information content (AvgIpc) is 3.64. The number of aliphatic imine (C=N–C) groups is 1. The maximum absolute atomic E-state index is 13.4. The second kappa shape index (κ2) is 18.6. The summed E-state index contributed by atoms with van der Waals surface area (Å²) in [5.74, 6) is 0.109. The fourth-order valence-corrected chi connectivity index (χ4v) is 6.78. The molecule has 0 aliphatic carbocycles. The van der Waals surface area contributed by atoms with E-state index >= 15 is 0 Å². The molecule has 0 saturated carbocycles. The summed E-state index contributed by atoms with van der Waals surface area (Å²) in [4.78, 5) is 9.94. The Morgan fingerprint density at radius 1 is 0.868 bits per heavy atom. The molecule has 3 N–H and O–H groups in total. The molecule has 4 aromatic rings. The first-order chi connectivity index (χ1) is 25.4. The van der Waals surface area contributed by atoms with Gasteiger partial charge in [-0.1, -0.05) is 83.7 Å². The lowest BCUT2D eigenvalue weighted by Gasteiger charge is -2.18. The maximum atomic E-state index is 13.4. The van der Waals surface area contributed by atoms with Crippen LogP contribution in [0.15, 0.2) is 117 Å². The van der Waals surface area contributed by atoms with Crippen LogP contribution in [0.25, 0.3) is 11.1 Å². The molecule has 0 aromatic heterocycles. The smallest absolute Gasteiger partial charge is 0.394 e. The zero-order valence-corrected chi connectivity index (χ0v) is 31.0. The molecule has 1 aliphatic rings. The Kier molecular flexibility index (Phi) is 13.9. The molecule has 0 fully saturated rings. The molecule has 53 heavy (non-hydrogen) atoms. The molecule has 0 amide bonds. The van der Waals surface area contributed by atoms with E-state index in [1.165, 1.54) is 36.4 Å². The third-order valence-electron chi connectivity index (χ3n) is 8.28. The molecule has 0 spiro atoms. The van der Waals surface area contributed by atoms with E-state index in [9.17, 15) is 21.6 Å². The Hall–Kier alpha value is -4.43. The third kappa shape index (κ3) is 11.5. The maximum Gasteiger partial charge on any atom is 0.416 e. The number of nitrogens with one attached hydrogen (secondary N) is 1. The highest BCUT2D eigenvalue weighted by molar-refractivity contribution is 7.90. The number of hydrogen-bond acceptors (Lipinski definition) is 7. The van der Waals surface area contributed by atoms with Crippen molar-refractivity contribution >= 4 is 50.6 Å². The first-order valence-electron chi connectivity index (χ1n) is 17.0. The summed E-state index contributed by atoms with van der Waals surface area (Å²) < 4.78 is 68.6. The number of guanidine groups is 1. The Morgan fingerprint density at radius 3 is 2.21 bits per heavy atom. The second-order valence-electron chi connectivity index (χ2n) is 12.2. The Bertz CT molecular complexity index is 2020. The normalized spacial score (nSPS) is 14.0. The number of nitrogens with two attached hydrogens (primary N) is 1. The van der Waals surface area contributed by atoms with Crippen molar-refractivity contribution in [3.63, 3.8) is 0 Å². The first-order valence-corrected chi connectivity index (χ1v) is 19.3. The molecule has 1 aliphatic heterocycles. The highest BCUT2D eigenvalue weighted by atomic mass is 35.5. The molecule has 15 heteroatoms. The lowest BCUT2D eigenvalue weighted by molar-refractivity contribution is -0.137. The quantitative estimate of drug-likeness (QED) is 0.0540. The average molecular weight is 788 g/mol. The summed E-state index contributed by atoms with van der Waals surface area (Å²) in [5.41, 5.74) is 9.54. The predicted molar refractivity (Wildman–Crippen MR) is 205 cm³/mol. The van der Waals surface area contributed by atoms with E-state index in [0.29, 0.717) is 60.1 Å².